The van der Waals surface area contributed by atoms with Gasteiger partial charge in [0.25, 0.3) is 5.91 Å². The van der Waals surface area contributed by atoms with Crippen molar-refractivity contribution < 1.29 is 14.3 Å². The molecule has 124 valence electrons. The fourth-order valence-electron chi connectivity index (χ4n) is 2.74. The smallest absolute Gasteiger partial charge is 0.257 e. The molecule has 2 aromatic rings. The summed E-state index contributed by atoms with van der Waals surface area (Å²) < 4.78 is 5.87. The fraction of sp³-hybridized carbons (Fsp3) is 0.263. The van der Waals surface area contributed by atoms with E-state index in [1.54, 1.807) is 28.9 Å². The summed E-state index contributed by atoms with van der Waals surface area (Å²) in [6.07, 6.45) is 0. The molecule has 2 aromatic carbocycles. The molecule has 2 amide bonds. The minimum atomic E-state index is -0.0651. The van der Waals surface area contributed by atoms with Crippen LogP contribution in [0.15, 0.2) is 54.6 Å². The van der Waals surface area contributed by atoms with Crippen LogP contribution < -0.4 is 4.74 Å². The summed E-state index contributed by atoms with van der Waals surface area (Å²) in [4.78, 5) is 27.8. The van der Waals surface area contributed by atoms with Gasteiger partial charge in [0.15, 0.2) is 0 Å². The first-order valence-corrected chi connectivity index (χ1v) is 8.02. The van der Waals surface area contributed by atoms with Crippen molar-refractivity contribution in [3.8, 4) is 11.5 Å². The zero-order valence-electron chi connectivity index (χ0n) is 13.6. The van der Waals surface area contributed by atoms with Gasteiger partial charge < -0.3 is 14.5 Å². The Balaban J connectivity index is 1.75. The number of piperazine rings is 1. The quantitative estimate of drug-likeness (QED) is 0.872. The molecular formula is C19H20N2O3. The summed E-state index contributed by atoms with van der Waals surface area (Å²) in [7, 11) is 0. The summed E-state index contributed by atoms with van der Waals surface area (Å²) in [5.41, 5.74) is 0.539. The van der Waals surface area contributed by atoms with Gasteiger partial charge in [0.2, 0.25) is 5.91 Å². The zero-order valence-corrected chi connectivity index (χ0v) is 13.6. The third-order valence-corrected chi connectivity index (χ3v) is 4.10. The second kappa shape index (κ2) is 7.17. The van der Waals surface area contributed by atoms with Crippen molar-refractivity contribution >= 4 is 11.8 Å². The Bertz CT molecular complexity index is 722. The summed E-state index contributed by atoms with van der Waals surface area (Å²) >= 11 is 0. The van der Waals surface area contributed by atoms with Gasteiger partial charge in [-0.05, 0) is 24.3 Å². The lowest BCUT2D eigenvalue weighted by atomic mass is 10.1. The molecule has 5 nitrogen and oxygen atoms in total. The number of nitrogens with zero attached hydrogens (tertiary/aromatic N) is 2. The van der Waals surface area contributed by atoms with Gasteiger partial charge in [0, 0.05) is 33.1 Å². The van der Waals surface area contributed by atoms with E-state index >= 15 is 0 Å². The normalized spacial score (nSPS) is 14.4. The monoisotopic (exact) mass is 324 g/mol. The topological polar surface area (TPSA) is 49.9 Å². The molecule has 0 radical (unpaired) electrons. The van der Waals surface area contributed by atoms with E-state index in [9.17, 15) is 9.59 Å². The Kier molecular flexibility index (Phi) is 4.79. The van der Waals surface area contributed by atoms with Crippen LogP contribution in [0.3, 0.4) is 0 Å². The van der Waals surface area contributed by atoms with E-state index in [4.69, 9.17) is 4.74 Å². The van der Waals surface area contributed by atoms with Gasteiger partial charge in [-0.2, -0.15) is 0 Å². The second-order valence-electron chi connectivity index (χ2n) is 5.71. The number of rotatable bonds is 3. The maximum atomic E-state index is 12.8. The van der Waals surface area contributed by atoms with Gasteiger partial charge in [0.05, 0.1) is 5.56 Å². The standard InChI is InChI=1S/C19H20N2O3/c1-15(22)20-11-13-21(14-12-20)19(23)17-9-5-6-10-18(17)24-16-7-3-2-4-8-16/h2-10H,11-14H2,1H3. The molecule has 0 saturated carbocycles. The van der Waals surface area contributed by atoms with E-state index in [0.29, 0.717) is 43.2 Å². The minimum absolute atomic E-state index is 0.0508. The fourth-order valence-corrected chi connectivity index (χ4v) is 2.74. The third-order valence-electron chi connectivity index (χ3n) is 4.10. The highest BCUT2D eigenvalue weighted by Gasteiger charge is 2.25. The molecule has 5 heteroatoms. The number of hydrogen-bond donors (Lipinski definition) is 0. The van der Waals surface area contributed by atoms with Crippen LogP contribution in [0.5, 0.6) is 11.5 Å². The minimum Gasteiger partial charge on any atom is -0.457 e. The van der Waals surface area contributed by atoms with E-state index in [2.05, 4.69) is 0 Å². The number of carbonyl (C=O) groups excluding carboxylic acids is 2. The SMILES string of the molecule is CC(=O)N1CCN(C(=O)c2ccccc2Oc2ccccc2)CC1. The Hall–Kier alpha value is -2.82. The number of carbonyl (C=O) groups is 2. The first kappa shape index (κ1) is 16.1. The van der Waals surface area contributed by atoms with Gasteiger partial charge >= 0.3 is 0 Å². The van der Waals surface area contributed by atoms with E-state index < -0.39 is 0 Å². The lowest BCUT2D eigenvalue weighted by Gasteiger charge is -2.34. The van der Waals surface area contributed by atoms with Crippen molar-refractivity contribution in [2.75, 3.05) is 26.2 Å². The Morgan fingerprint density at radius 2 is 1.42 bits per heavy atom. The van der Waals surface area contributed by atoms with E-state index in [1.807, 2.05) is 42.5 Å². The summed E-state index contributed by atoms with van der Waals surface area (Å²) in [6.45, 7) is 3.78. The van der Waals surface area contributed by atoms with Crippen LogP contribution in [0.2, 0.25) is 0 Å². The Labute approximate surface area is 141 Å². The summed E-state index contributed by atoms with van der Waals surface area (Å²) in [5.74, 6) is 1.22. The van der Waals surface area contributed by atoms with E-state index in [0.717, 1.165) is 0 Å². The van der Waals surface area contributed by atoms with Crippen LogP contribution in [0.25, 0.3) is 0 Å². The van der Waals surface area contributed by atoms with Gasteiger partial charge in [-0.25, -0.2) is 0 Å². The number of benzene rings is 2. The molecule has 3 rings (SSSR count). The molecule has 0 spiro atoms. The molecule has 0 bridgehead atoms. The Morgan fingerprint density at radius 3 is 2.08 bits per heavy atom. The van der Waals surface area contributed by atoms with Crippen molar-refractivity contribution in [3.63, 3.8) is 0 Å². The van der Waals surface area contributed by atoms with Crippen LogP contribution in [0.1, 0.15) is 17.3 Å². The maximum absolute atomic E-state index is 12.8. The average Bonchev–Trinajstić information content (AvgIpc) is 2.62. The molecule has 24 heavy (non-hydrogen) atoms. The number of hydrogen-bond acceptors (Lipinski definition) is 3. The molecule has 1 aliphatic rings. The average molecular weight is 324 g/mol. The lowest BCUT2D eigenvalue weighted by Crippen LogP contribution is -2.50. The molecule has 0 aromatic heterocycles. The van der Waals surface area contributed by atoms with Crippen molar-refractivity contribution in [3.05, 3.63) is 60.2 Å². The van der Waals surface area contributed by atoms with Gasteiger partial charge in [0.1, 0.15) is 11.5 Å². The predicted octanol–water partition coefficient (Wildman–Crippen LogP) is 2.78. The maximum Gasteiger partial charge on any atom is 0.257 e. The van der Waals surface area contributed by atoms with Gasteiger partial charge in [-0.3, -0.25) is 9.59 Å². The van der Waals surface area contributed by atoms with Crippen molar-refractivity contribution in [2.45, 2.75) is 6.92 Å². The highest BCUT2D eigenvalue weighted by Crippen LogP contribution is 2.26. The van der Waals surface area contributed by atoms with Crippen LogP contribution >= 0.6 is 0 Å². The molecule has 1 heterocycles. The molecule has 0 N–H and O–H groups in total. The van der Waals surface area contributed by atoms with Crippen LogP contribution in [-0.2, 0) is 4.79 Å². The highest BCUT2D eigenvalue weighted by atomic mass is 16.5. The zero-order chi connectivity index (χ0) is 16.9. The number of ether oxygens (including phenoxy) is 1. The van der Waals surface area contributed by atoms with E-state index in [1.165, 1.54) is 0 Å². The number of amides is 2. The predicted molar refractivity (Wildman–Crippen MR) is 91.1 cm³/mol. The van der Waals surface area contributed by atoms with Crippen LogP contribution in [-0.4, -0.2) is 47.8 Å². The molecule has 1 saturated heterocycles. The van der Waals surface area contributed by atoms with Crippen molar-refractivity contribution in [1.29, 1.82) is 0 Å². The second-order valence-corrected chi connectivity index (χ2v) is 5.71. The molecule has 1 aliphatic heterocycles. The van der Waals surface area contributed by atoms with Gasteiger partial charge in [-0.15, -0.1) is 0 Å². The van der Waals surface area contributed by atoms with Crippen LogP contribution in [0.4, 0.5) is 0 Å². The first-order chi connectivity index (χ1) is 11.6. The summed E-state index contributed by atoms with van der Waals surface area (Å²) in [6, 6.07) is 16.7. The van der Waals surface area contributed by atoms with Crippen LogP contribution in [0, 0.1) is 0 Å². The molecule has 0 unspecified atom stereocenters. The first-order valence-electron chi connectivity index (χ1n) is 8.02. The molecule has 0 atom stereocenters. The highest BCUT2D eigenvalue weighted by molar-refractivity contribution is 5.97. The summed E-state index contributed by atoms with van der Waals surface area (Å²) in [5, 5.41) is 0. The lowest BCUT2D eigenvalue weighted by molar-refractivity contribution is -0.130. The van der Waals surface area contributed by atoms with Gasteiger partial charge in [-0.1, -0.05) is 30.3 Å². The largest absolute Gasteiger partial charge is 0.457 e. The molecule has 1 fully saturated rings. The molecule has 0 aliphatic carbocycles. The third kappa shape index (κ3) is 3.56. The van der Waals surface area contributed by atoms with Crippen molar-refractivity contribution in [1.82, 2.24) is 9.80 Å². The van der Waals surface area contributed by atoms with E-state index in [-0.39, 0.29) is 11.8 Å². The Morgan fingerprint density at radius 1 is 0.833 bits per heavy atom. The molecular weight excluding hydrogens is 304 g/mol. The number of para-hydroxylation sites is 2. The van der Waals surface area contributed by atoms with Crippen molar-refractivity contribution in [2.24, 2.45) is 0 Å².